The average Bonchev–Trinajstić information content (AvgIpc) is 2.94. The van der Waals surface area contributed by atoms with Crippen molar-refractivity contribution in [2.45, 2.75) is 0 Å². The molecule has 1 aliphatic heterocycles. The second kappa shape index (κ2) is 5.66. The van der Waals surface area contributed by atoms with Crippen LogP contribution in [0.1, 0.15) is 0 Å². The standard InChI is InChI=1S/C14H13N3O2S/c20-14(17-16-10-4-2-1-3-5-10)15-11-6-7-12-13(8-11)19-9-18-12/h1-8,16H,9H2,(H2,15,17,20). The molecule has 5 nitrogen and oxygen atoms in total. The summed E-state index contributed by atoms with van der Waals surface area (Å²) in [6.07, 6.45) is 0. The Kier molecular flexibility index (Phi) is 3.56. The fraction of sp³-hybridized carbons (Fsp3) is 0.0714. The first-order valence-corrected chi connectivity index (χ1v) is 6.50. The zero-order valence-electron chi connectivity index (χ0n) is 10.6. The number of hydrazine groups is 1. The first kappa shape index (κ1) is 12.6. The van der Waals surface area contributed by atoms with Gasteiger partial charge in [0.05, 0.1) is 5.69 Å². The zero-order valence-corrected chi connectivity index (χ0v) is 11.4. The van der Waals surface area contributed by atoms with Gasteiger partial charge >= 0.3 is 0 Å². The molecule has 0 atom stereocenters. The predicted molar refractivity (Wildman–Crippen MR) is 82.0 cm³/mol. The number of nitrogens with one attached hydrogen (secondary N) is 3. The summed E-state index contributed by atoms with van der Waals surface area (Å²) in [6.45, 7) is 0.261. The van der Waals surface area contributed by atoms with Crippen molar-refractivity contribution < 1.29 is 9.47 Å². The van der Waals surface area contributed by atoms with Gasteiger partial charge in [-0.3, -0.25) is 10.9 Å². The number of para-hydroxylation sites is 1. The van der Waals surface area contributed by atoms with E-state index in [0.29, 0.717) is 10.9 Å². The van der Waals surface area contributed by atoms with E-state index in [4.69, 9.17) is 21.7 Å². The van der Waals surface area contributed by atoms with Gasteiger partial charge in [-0.05, 0) is 36.5 Å². The van der Waals surface area contributed by atoms with Crippen molar-refractivity contribution in [2.24, 2.45) is 0 Å². The monoisotopic (exact) mass is 287 g/mol. The van der Waals surface area contributed by atoms with Crippen LogP contribution in [-0.4, -0.2) is 11.9 Å². The van der Waals surface area contributed by atoms with Gasteiger partial charge in [-0.15, -0.1) is 0 Å². The van der Waals surface area contributed by atoms with Gasteiger partial charge in [0.15, 0.2) is 16.6 Å². The molecule has 3 rings (SSSR count). The number of anilines is 2. The maximum absolute atomic E-state index is 5.31. The molecule has 1 heterocycles. The molecule has 1 aliphatic rings. The molecule has 2 aromatic carbocycles. The van der Waals surface area contributed by atoms with E-state index in [1.165, 1.54) is 0 Å². The zero-order chi connectivity index (χ0) is 13.8. The van der Waals surface area contributed by atoms with Gasteiger partial charge in [0.2, 0.25) is 6.79 Å². The third kappa shape index (κ3) is 2.92. The first-order valence-electron chi connectivity index (χ1n) is 6.09. The molecule has 0 radical (unpaired) electrons. The van der Waals surface area contributed by atoms with E-state index in [-0.39, 0.29) is 6.79 Å². The van der Waals surface area contributed by atoms with E-state index >= 15 is 0 Å². The highest BCUT2D eigenvalue weighted by atomic mass is 32.1. The topological polar surface area (TPSA) is 54.5 Å². The number of ether oxygens (including phenoxy) is 2. The number of benzene rings is 2. The lowest BCUT2D eigenvalue weighted by Crippen LogP contribution is -2.33. The Morgan fingerprint density at radius 2 is 1.75 bits per heavy atom. The van der Waals surface area contributed by atoms with E-state index in [1.54, 1.807) is 0 Å². The Labute approximate surface area is 121 Å². The number of fused-ring (bicyclic) bond motifs is 1. The molecule has 102 valence electrons. The maximum Gasteiger partial charge on any atom is 0.231 e. The smallest absolute Gasteiger partial charge is 0.231 e. The van der Waals surface area contributed by atoms with Crippen LogP contribution in [0.15, 0.2) is 48.5 Å². The minimum atomic E-state index is 0.261. The summed E-state index contributed by atoms with van der Waals surface area (Å²) in [5.74, 6) is 1.46. The van der Waals surface area contributed by atoms with Crippen LogP contribution in [-0.2, 0) is 0 Å². The summed E-state index contributed by atoms with van der Waals surface area (Å²) < 4.78 is 10.6. The van der Waals surface area contributed by atoms with Crippen LogP contribution in [0.25, 0.3) is 0 Å². The third-order valence-corrected chi connectivity index (χ3v) is 2.93. The Balaban J connectivity index is 1.56. The van der Waals surface area contributed by atoms with Gasteiger partial charge in [-0.1, -0.05) is 18.2 Å². The fourth-order valence-corrected chi connectivity index (χ4v) is 1.96. The second-order valence-electron chi connectivity index (χ2n) is 4.14. The van der Waals surface area contributed by atoms with Crippen LogP contribution in [0.2, 0.25) is 0 Å². The number of rotatable bonds is 3. The van der Waals surface area contributed by atoms with E-state index in [0.717, 1.165) is 17.1 Å². The lowest BCUT2D eigenvalue weighted by molar-refractivity contribution is 0.174. The van der Waals surface area contributed by atoms with Crippen LogP contribution in [0.4, 0.5) is 11.4 Å². The summed E-state index contributed by atoms with van der Waals surface area (Å²) in [5, 5.41) is 3.53. The van der Waals surface area contributed by atoms with Gasteiger partial charge in [0.1, 0.15) is 0 Å². The molecule has 0 fully saturated rings. The van der Waals surface area contributed by atoms with E-state index in [9.17, 15) is 0 Å². The predicted octanol–water partition coefficient (Wildman–Crippen LogP) is 2.73. The molecular weight excluding hydrogens is 274 g/mol. The molecule has 0 unspecified atom stereocenters. The molecule has 0 saturated carbocycles. The Hall–Kier alpha value is -2.47. The highest BCUT2D eigenvalue weighted by Gasteiger charge is 2.13. The summed E-state index contributed by atoms with van der Waals surface area (Å²) in [4.78, 5) is 0. The molecule has 3 N–H and O–H groups in total. The molecular formula is C14H13N3O2S. The molecule has 0 spiro atoms. The van der Waals surface area contributed by atoms with E-state index in [1.807, 2.05) is 48.5 Å². The minimum absolute atomic E-state index is 0.261. The van der Waals surface area contributed by atoms with Crippen molar-refractivity contribution in [1.29, 1.82) is 0 Å². The van der Waals surface area contributed by atoms with Crippen molar-refractivity contribution in [1.82, 2.24) is 5.43 Å². The average molecular weight is 287 g/mol. The summed E-state index contributed by atoms with van der Waals surface area (Å²) in [6, 6.07) is 15.3. The van der Waals surface area contributed by atoms with Gasteiger partial charge < -0.3 is 14.8 Å². The third-order valence-electron chi connectivity index (χ3n) is 2.72. The number of hydrogen-bond donors (Lipinski definition) is 3. The number of thiocarbonyl (C=S) groups is 1. The molecule has 0 aliphatic carbocycles. The Morgan fingerprint density at radius 1 is 0.950 bits per heavy atom. The lowest BCUT2D eigenvalue weighted by atomic mass is 10.3. The van der Waals surface area contributed by atoms with Crippen molar-refractivity contribution in [3.05, 3.63) is 48.5 Å². The molecule has 0 aromatic heterocycles. The van der Waals surface area contributed by atoms with Crippen molar-refractivity contribution >= 4 is 28.7 Å². The highest BCUT2D eigenvalue weighted by molar-refractivity contribution is 7.80. The first-order chi connectivity index (χ1) is 9.81. The van der Waals surface area contributed by atoms with Gasteiger partial charge in [0.25, 0.3) is 0 Å². The molecule has 6 heteroatoms. The van der Waals surface area contributed by atoms with Gasteiger partial charge in [-0.25, -0.2) is 0 Å². The lowest BCUT2D eigenvalue weighted by Gasteiger charge is -2.12. The summed E-state index contributed by atoms with van der Waals surface area (Å²) >= 11 is 5.21. The Bertz CT molecular complexity index is 619. The highest BCUT2D eigenvalue weighted by Crippen LogP contribution is 2.34. The fourth-order valence-electron chi connectivity index (χ4n) is 1.79. The molecule has 2 aromatic rings. The second-order valence-corrected chi connectivity index (χ2v) is 4.55. The summed E-state index contributed by atoms with van der Waals surface area (Å²) in [5.41, 5.74) is 7.69. The van der Waals surface area contributed by atoms with Gasteiger partial charge in [0, 0.05) is 11.8 Å². The minimum Gasteiger partial charge on any atom is -0.454 e. The van der Waals surface area contributed by atoms with E-state index in [2.05, 4.69) is 16.2 Å². The van der Waals surface area contributed by atoms with Crippen LogP contribution >= 0.6 is 12.2 Å². The van der Waals surface area contributed by atoms with Crippen LogP contribution in [0.3, 0.4) is 0 Å². The summed E-state index contributed by atoms with van der Waals surface area (Å²) in [7, 11) is 0. The normalized spacial score (nSPS) is 11.8. The van der Waals surface area contributed by atoms with Crippen molar-refractivity contribution in [3.8, 4) is 11.5 Å². The maximum atomic E-state index is 5.31. The molecule has 0 bridgehead atoms. The molecule has 0 amide bonds. The number of hydrogen-bond acceptors (Lipinski definition) is 4. The largest absolute Gasteiger partial charge is 0.454 e. The van der Waals surface area contributed by atoms with Crippen molar-refractivity contribution in [2.75, 3.05) is 17.5 Å². The SMILES string of the molecule is S=C(NNc1ccccc1)Nc1ccc2c(c1)OCO2. The van der Waals surface area contributed by atoms with Crippen LogP contribution in [0, 0.1) is 0 Å². The van der Waals surface area contributed by atoms with Crippen molar-refractivity contribution in [3.63, 3.8) is 0 Å². The van der Waals surface area contributed by atoms with E-state index < -0.39 is 0 Å². The quantitative estimate of drug-likeness (QED) is 0.596. The van der Waals surface area contributed by atoms with Crippen LogP contribution < -0.4 is 25.6 Å². The van der Waals surface area contributed by atoms with Crippen LogP contribution in [0.5, 0.6) is 11.5 Å². The Morgan fingerprint density at radius 3 is 2.60 bits per heavy atom. The molecule has 0 saturated heterocycles. The molecule has 20 heavy (non-hydrogen) atoms. The van der Waals surface area contributed by atoms with Gasteiger partial charge in [-0.2, -0.15) is 0 Å².